The second kappa shape index (κ2) is 13.5. The van der Waals surface area contributed by atoms with Crippen LogP contribution in [0, 0.1) is 12.7 Å². The molecule has 1 aromatic heterocycles. The van der Waals surface area contributed by atoms with E-state index in [0.29, 0.717) is 11.3 Å². The second-order valence-corrected chi connectivity index (χ2v) is 10.7. The number of aromatic nitrogens is 2. The number of alkyl halides is 3. The molecule has 0 aliphatic carbocycles. The van der Waals surface area contributed by atoms with Gasteiger partial charge >= 0.3 is 6.36 Å². The SMILES string of the molecule is COc1cnc(Nc2ccc(C(=O)Nc3cc(CN4CCN(C)CC4)ccc3C)cc2F)nc1-c1ccc(OC(F)(F)F)cc1. The number of methoxy groups -OCH3 is 1. The van der Waals surface area contributed by atoms with Crippen molar-refractivity contribution in [3.05, 3.63) is 89.4 Å². The number of aryl methyl sites for hydroxylation is 1. The first-order chi connectivity index (χ1) is 21.5. The molecule has 3 aromatic carbocycles. The Hall–Kier alpha value is -4.75. The third-order valence-corrected chi connectivity index (χ3v) is 7.37. The molecule has 13 heteroatoms. The molecule has 0 atom stereocenters. The van der Waals surface area contributed by atoms with Crippen molar-refractivity contribution >= 4 is 23.2 Å². The molecule has 0 bridgehead atoms. The van der Waals surface area contributed by atoms with E-state index in [9.17, 15) is 18.0 Å². The highest BCUT2D eigenvalue weighted by Crippen LogP contribution is 2.32. The highest BCUT2D eigenvalue weighted by Gasteiger charge is 2.31. The summed E-state index contributed by atoms with van der Waals surface area (Å²) in [5, 5.41) is 5.68. The molecule has 1 fully saturated rings. The monoisotopic (exact) mass is 624 g/mol. The number of anilines is 3. The number of benzene rings is 3. The molecule has 0 spiro atoms. The molecule has 1 aliphatic rings. The fourth-order valence-electron chi connectivity index (χ4n) is 4.84. The normalized spacial score (nSPS) is 14.2. The van der Waals surface area contributed by atoms with Crippen molar-refractivity contribution in [2.24, 2.45) is 0 Å². The van der Waals surface area contributed by atoms with Crippen LogP contribution in [0.3, 0.4) is 0 Å². The Morgan fingerprint density at radius 1 is 0.978 bits per heavy atom. The molecule has 9 nitrogen and oxygen atoms in total. The van der Waals surface area contributed by atoms with Crippen molar-refractivity contribution in [3.8, 4) is 22.8 Å². The van der Waals surface area contributed by atoms with Crippen LogP contribution in [0.1, 0.15) is 21.5 Å². The summed E-state index contributed by atoms with van der Waals surface area (Å²) in [7, 11) is 3.50. The molecule has 236 valence electrons. The van der Waals surface area contributed by atoms with Gasteiger partial charge in [0.25, 0.3) is 5.91 Å². The average Bonchev–Trinajstić information content (AvgIpc) is 3.00. The van der Waals surface area contributed by atoms with Crippen molar-refractivity contribution in [1.29, 1.82) is 0 Å². The Morgan fingerprint density at radius 2 is 1.71 bits per heavy atom. The van der Waals surface area contributed by atoms with Gasteiger partial charge in [0.15, 0.2) is 5.75 Å². The number of halogens is 4. The first-order valence-corrected chi connectivity index (χ1v) is 14.1. The summed E-state index contributed by atoms with van der Waals surface area (Å²) in [5.74, 6) is -1.30. The largest absolute Gasteiger partial charge is 0.573 e. The number of ether oxygens (including phenoxy) is 2. The number of nitrogens with zero attached hydrogens (tertiary/aromatic N) is 4. The van der Waals surface area contributed by atoms with E-state index < -0.39 is 23.8 Å². The highest BCUT2D eigenvalue weighted by atomic mass is 19.4. The lowest BCUT2D eigenvalue weighted by Gasteiger charge is -2.32. The predicted molar refractivity (Wildman–Crippen MR) is 162 cm³/mol. The predicted octanol–water partition coefficient (Wildman–Crippen LogP) is 6.24. The molecular formula is C32H32F4N6O3. The second-order valence-electron chi connectivity index (χ2n) is 10.7. The molecule has 4 aromatic rings. The minimum absolute atomic E-state index is 0.00492. The van der Waals surface area contributed by atoms with Gasteiger partial charge in [0.2, 0.25) is 5.95 Å². The number of likely N-dealkylation sites (N-methyl/N-ethyl adjacent to an activating group) is 1. The van der Waals surface area contributed by atoms with Gasteiger partial charge in [-0.25, -0.2) is 14.4 Å². The van der Waals surface area contributed by atoms with Crippen LogP contribution in [0.25, 0.3) is 11.3 Å². The fraction of sp³-hybridized carbons (Fsp3) is 0.281. The minimum Gasteiger partial charge on any atom is -0.493 e. The molecule has 2 N–H and O–H groups in total. The molecule has 1 saturated heterocycles. The Labute approximate surface area is 257 Å². The summed E-state index contributed by atoms with van der Waals surface area (Å²) in [6.07, 6.45) is -3.47. The molecular weight excluding hydrogens is 592 g/mol. The van der Waals surface area contributed by atoms with Crippen LogP contribution in [0.2, 0.25) is 0 Å². The third-order valence-electron chi connectivity index (χ3n) is 7.37. The standard InChI is InChI=1S/C32H32F4N6O3/c1-20-4-5-21(19-42-14-12-41(2)13-15-42)16-27(20)38-30(43)23-8-11-26(25(33)17-23)39-31-37-18-28(44-3)29(40-31)22-6-9-24(10-7-22)45-32(34,35)36/h4-11,16-18H,12-15,19H2,1-3H3,(H,38,43)(H,37,39,40). The highest BCUT2D eigenvalue weighted by molar-refractivity contribution is 6.05. The smallest absolute Gasteiger partial charge is 0.493 e. The molecule has 1 amide bonds. The number of nitrogens with one attached hydrogen (secondary N) is 2. The summed E-state index contributed by atoms with van der Waals surface area (Å²) in [4.78, 5) is 26.2. The number of hydrogen-bond acceptors (Lipinski definition) is 8. The topological polar surface area (TPSA) is 91.8 Å². The van der Waals surface area contributed by atoms with E-state index in [1.54, 1.807) is 0 Å². The fourth-order valence-corrected chi connectivity index (χ4v) is 4.84. The maximum Gasteiger partial charge on any atom is 0.573 e. The summed E-state index contributed by atoms with van der Waals surface area (Å²) in [6, 6.07) is 15.0. The Bertz CT molecular complexity index is 1660. The molecule has 5 rings (SSSR count). The van der Waals surface area contributed by atoms with Crippen LogP contribution in [0.15, 0.2) is 66.9 Å². The zero-order valence-electron chi connectivity index (χ0n) is 24.9. The number of amides is 1. The number of carbonyl (C=O) groups excluding carboxylic acids is 1. The van der Waals surface area contributed by atoms with E-state index in [1.807, 2.05) is 25.1 Å². The maximum atomic E-state index is 15.2. The van der Waals surface area contributed by atoms with Gasteiger partial charge in [-0.05, 0) is 73.6 Å². The first-order valence-electron chi connectivity index (χ1n) is 14.1. The summed E-state index contributed by atoms with van der Waals surface area (Å²) in [5.41, 5.74) is 3.44. The van der Waals surface area contributed by atoms with E-state index in [4.69, 9.17) is 4.74 Å². The van der Waals surface area contributed by atoms with E-state index >= 15 is 4.39 Å². The van der Waals surface area contributed by atoms with Gasteiger partial charge in [-0.2, -0.15) is 0 Å². The van der Waals surface area contributed by atoms with E-state index in [2.05, 4.69) is 42.2 Å². The van der Waals surface area contributed by atoms with Gasteiger partial charge in [0.1, 0.15) is 17.3 Å². The molecule has 0 saturated carbocycles. The lowest BCUT2D eigenvalue weighted by molar-refractivity contribution is -0.274. The number of rotatable bonds is 9. The molecule has 45 heavy (non-hydrogen) atoms. The van der Waals surface area contributed by atoms with Crippen LogP contribution < -0.4 is 20.1 Å². The molecule has 2 heterocycles. The van der Waals surface area contributed by atoms with Gasteiger partial charge in [0, 0.05) is 49.5 Å². The van der Waals surface area contributed by atoms with Gasteiger partial charge in [-0.15, -0.1) is 13.2 Å². The van der Waals surface area contributed by atoms with Crippen molar-refractivity contribution in [2.45, 2.75) is 19.8 Å². The summed E-state index contributed by atoms with van der Waals surface area (Å²) < 4.78 is 62.0. The van der Waals surface area contributed by atoms with Gasteiger partial charge < -0.3 is 25.0 Å². The van der Waals surface area contributed by atoms with Crippen molar-refractivity contribution in [1.82, 2.24) is 19.8 Å². The average molecular weight is 625 g/mol. The van der Waals surface area contributed by atoms with E-state index in [1.165, 1.54) is 37.6 Å². The lowest BCUT2D eigenvalue weighted by atomic mass is 10.1. The van der Waals surface area contributed by atoms with Crippen LogP contribution >= 0.6 is 0 Å². The number of hydrogen-bond donors (Lipinski definition) is 2. The molecule has 0 radical (unpaired) electrons. The molecule has 0 unspecified atom stereocenters. The van der Waals surface area contributed by atoms with Gasteiger partial charge in [-0.1, -0.05) is 12.1 Å². The van der Waals surface area contributed by atoms with Crippen LogP contribution in [-0.2, 0) is 6.54 Å². The zero-order chi connectivity index (χ0) is 32.1. The van der Waals surface area contributed by atoms with Crippen LogP contribution in [-0.4, -0.2) is 72.4 Å². The summed E-state index contributed by atoms with van der Waals surface area (Å²) in [6.45, 7) is 6.64. The molecule has 1 aliphatic heterocycles. The number of piperazine rings is 1. The Balaban J connectivity index is 1.28. The Morgan fingerprint density at radius 3 is 2.38 bits per heavy atom. The van der Waals surface area contributed by atoms with Gasteiger partial charge in [0.05, 0.1) is 19.0 Å². The lowest BCUT2D eigenvalue weighted by Crippen LogP contribution is -2.43. The number of carbonyl (C=O) groups is 1. The minimum atomic E-state index is -4.82. The van der Waals surface area contributed by atoms with Crippen LogP contribution in [0.5, 0.6) is 11.5 Å². The summed E-state index contributed by atoms with van der Waals surface area (Å²) >= 11 is 0. The van der Waals surface area contributed by atoms with E-state index in [-0.39, 0.29) is 28.6 Å². The van der Waals surface area contributed by atoms with Crippen molar-refractivity contribution in [2.75, 3.05) is 51.0 Å². The quantitative estimate of drug-likeness (QED) is 0.212. The zero-order valence-corrected chi connectivity index (χ0v) is 24.9. The van der Waals surface area contributed by atoms with Crippen molar-refractivity contribution < 1.29 is 31.8 Å². The third kappa shape index (κ3) is 8.25. The maximum absolute atomic E-state index is 15.2. The Kier molecular flexibility index (Phi) is 9.49. The first kappa shape index (κ1) is 31.7. The van der Waals surface area contributed by atoms with Crippen molar-refractivity contribution in [3.63, 3.8) is 0 Å². The van der Waals surface area contributed by atoms with E-state index in [0.717, 1.165) is 62.0 Å². The van der Waals surface area contributed by atoms with Gasteiger partial charge in [-0.3, -0.25) is 9.69 Å². The van der Waals surface area contributed by atoms with Crippen LogP contribution in [0.4, 0.5) is 34.9 Å².